The second-order valence-corrected chi connectivity index (χ2v) is 6.98. The van der Waals surface area contributed by atoms with E-state index < -0.39 is 10.0 Å². The van der Waals surface area contributed by atoms with Gasteiger partial charge >= 0.3 is 0 Å². The van der Waals surface area contributed by atoms with E-state index in [2.05, 4.69) is 23.9 Å². The Labute approximate surface area is 121 Å². The lowest BCUT2D eigenvalue weighted by Crippen LogP contribution is -2.30. The Kier molecular flexibility index (Phi) is 5.98. The van der Waals surface area contributed by atoms with Crippen LogP contribution in [0, 0.1) is 0 Å². The summed E-state index contributed by atoms with van der Waals surface area (Å²) in [5.74, 6) is 0.362. The van der Waals surface area contributed by atoms with Crippen LogP contribution in [0.3, 0.4) is 0 Å². The van der Waals surface area contributed by atoms with Gasteiger partial charge in [-0.05, 0) is 31.5 Å². The Morgan fingerprint density at radius 3 is 2.30 bits per heavy atom. The van der Waals surface area contributed by atoms with Crippen LogP contribution < -0.4 is 14.8 Å². The molecule has 0 aliphatic carbocycles. The summed E-state index contributed by atoms with van der Waals surface area (Å²) >= 11 is 0. The smallest absolute Gasteiger partial charge is 0.244 e. The Balaban J connectivity index is 3.05. The summed E-state index contributed by atoms with van der Waals surface area (Å²) in [5.41, 5.74) is 0.985. The quantitative estimate of drug-likeness (QED) is 0.807. The van der Waals surface area contributed by atoms with Crippen LogP contribution in [-0.4, -0.2) is 27.6 Å². The maximum atomic E-state index is 12.2. The van der Waals surface area contributed by atoms with E-state index in [4.69, 9.17) is 4.74 Å². The Bertz CT molecular complexity index is 539. The number of ether oxygens (including phenoxy) is 1. The summed E-state index contributed by atoms with van der Waals surface area (Å²) in [4.78, 5) is 0.169. The Hall–Kier alpha value is -1.11. The average Bonchev–Trinajstić information content (AvgIpc) is 2.34. The zero-order valence-electron chi connectivity index (χ0n) is 12.7. The number of methoxy groups -OCH3 is 1. The molecule has 0 saturated heterocycles. The highest BCUT2D eigenvalue weighted by Crippen LogP contribution is 2.25. The molecule has 0 aliphatic heterocycles. The molecule has 20 heavy (non-hydrogen) atoms. The van der Waals surface area contributed by atoms with Crippen molar-refractivity contribution in [3.05, 3.63) is 23.8 Å². The maximum absolute atomic E-state index is 12.2. The largest absolute Gasteiger partial charge is 0.495 e. The molecule has 0 aliphatic rings. The predicted molar refractivity (Wildman–Crippen MR) is 80.4 cm³/mol. The molecule has 2 N–H and O–H groups in total. The molecule has 6 heteroatoms. The van der Waals surface area contributed by atoms with Crippen molar-refractivity contribution in [3.63, 3.8) is 0 Å². The summed E-state index contributed by atoms with van der Waals surface area (Å²) in [6, 6.07) is 5.34. The molecular formula is C14H24N2O3S. The standard InChI is InChI=1S/C14H24N2O3S/c1-10(2)15-9-12-6-7-14(13(8-12)19-5)20(17,18)16-11(3)4/h6-8,10-11,15-16H,9H2,1-5H3. The van der Waals surface area contributed by atoms with Gasteiger partial charge in [0.2, 0.25) is 10.0 Å². The van der Waals surface area contributed by atoms with Gasteiger partial charge in [0.15, 0.2) is 0 Å². The Morgan fingerprint density at radius 2 is 1.80 bits per heavy atom. The Morgan fingerprint density at radius 1 is 1.15 bits per heavy atom. The molecular weight excluding hydrogens is 276 g/mol. The van der Waals surface area contributed by atoms with Gasteiger partial charge in [0.25, 0.3) is 0 Å². The number of benzene rings is 1. The first-order chi connectivity index (χ1) is 9.26. The second kappa shape index (κ2) is 7.06. The molecule has 0 bridgehead atoms. The first-order valence-electron chi connectivity index (χ1n) is 6.69. The van der Waals surface area contributed by atoms with Gasteiger partial charge in [-0.15, -0.1) is 0 Å². The lowest BCUT2D eigenvalue weighted by molar-refractivity contribution is 0.401. The van der Waals surface area contributed by atoms with Crippen LogP contribution in [0.2, 0.25) is 0 Å². The summed E-state index contributed by atoms with van der Waals surface area (Å²) < 4.78 is 32.2. The van der Waals surface area contributed by atoms with E-state index in [9.17, 15) is 8.42 Å². The normalized spacial score (nSPS) is 12.2. The van der Waals surface area contributed by atoms with E-state index in [0.717, 1.165) is 5.56 Å². The molecule has 1 aromatic rings. The zero-order valence-corrected chi connectivity index (χ0v) is 13.5. The molecule has 0 heterocycles. The number of hydrogen-bond acceptors (Lipinski definition) is 4. The number of sulfonamides is 1. The van der Waals surface area contributed by atoms with Crippen molar-refractivity contribution >= 4 is 10.0 Å². The first kappa shape index (κ1) is 16.9. The molecule has 0 atom stereocenters. The van der Waals surface area contributed by atoms with Crippen LogP contribution in [-0.2, 0) is 16.6 Å². The highest BCUT2D eigenvalue weighted by molar-refractivity contribution is 7.89. The molecule has 0 radical (unpaired) electrons. The van der Waals surface area contributed by atoms with Crippen molar-refractivity contribution in [1.29, 1.82) is 0 Å². The van der Waals surface area contributed by atoms with Gasteiger partial charge in [-0.2, -0.15) is 0 Å². The maximum Gasteiger partial charge on any atom is 0.244 e. The van der Waals surface area contributed by atoms with E-state index in [0.29, 0.717) is 18.3 Å². The van der Waals surface area contributed by atoms with Crippen molar-refractivity contribution in [1.82, 2.24) is 10.0 Å². The van der Waals surface area contributed by atoms with Gasteiger partial charge in [0, 0.05) is 18.6 Å². The van der Waals surface area contributed by atoms with Crippen molar-refractivity contribution in [2.45, 2.75) is 51.2 Å². The number of rotatable bonds is 7. The molecule has 1 rings (SSSR count). The van der Waals surface area contributed by atoms with Crippen LogP contribution in [0.1, 0.15) is 33.3 Å². The third-order valence-electron chi connectivity index (χ3n) is 2.62. The SMILES string of the molecule is COc1cc(CNC(C)C)ccc1S(=O)(=O)NC(C)C. The van der Waals surface area contributed by atoms with Crippen molar-refractivity contribution in [2.24, 2.45) is 0 Å². The van der Waals surface area contributed by atoms with E-state index in [1.165, 1.54) is 7.11 Å². The van der Waals surface area contributed by atoms with E-state index in [-0.39, 0.29) is 10.9 Å². The third kappa shape index (κ3) is 4.77. The fourth-order valence-corrected chi connectivity index (χ4v) is 3.14. The minimum atomic E-state index is -3.55. The summed E-state index contributed by atoms with van der Waals surface area (Å²) in [5, 5.41) is 3.28. The minimum absolute atomic E-state index is 0.160. The predicted octanol–water partition coefficient (Wildman–Crippen LogP) is 1.88. The van der Waals surface area contributed by atoms with Gasteiger partial charge < -0.3 is 10.1 Å². The average molecular weight is 300 g/mol. The second-order valence-electron chi connectivity index (χ2n) is 5.30. The molecule has 0 saturated carbocycles. The highest BCUT2D eigenvalue weighted by atomic mass is 32.2. The highest BCUT2D eigenvalue weighted by Gasteiger charge is 2.20. The van der Waals surface area contributed by atoms with Gasteiger partial charge in [0.05, 0.1) is 7.11 Å². The monoisotopic (exact) mass is 300 g/mol. The molecule has 114 valence electrons. The van der Waals surface area contributed by atoms with E-state index in [1.807, 2.05) is 0 Å². The lowest BCUT2D eigenvalue weighted by Gasteiger charge is -2.14. The van der Waals surface area contributed by atoms with Crippen molar-refractivity contribution in [2.75, 3.05) is 7.11 Å². The molecule has 0 unspecified atom stereocenters. The summed E-state index contributed by atoms with van der Waals surface area (Å²) in [6.07, 6.45) is 0. The fourth-order valence-electron chi connectivity index (χ4n) is 1.74. The van der Waals surface area contributed by atoms with Crippen LogP contribution >= 0.6 is 0 Å². The lowest BCUT2D eigenvalue weighted by atomic mass is 10.2. The summed E-state index contributed by atoms with van der Waals surface area (Å²) in [7, 11) is -2.07. The molecule has 5 nitrogen and oxygen atoms in total. The number of nitrogens with one attached hydrogen (secondary N) is 2. The zero-order chi connectivity index (χ0) is 15.3. The molecule has 0 aromatic heterocycles. The summed E-state index contributed by atoms with van der Waals surface area (Å²) in [6.45, 7) is 8.35. The molecule has 0 amide bonds. The third-order valence-corrected chi connectivity index (χ3v) is 4.32. The minimum Gasteiger partial charge on any atom is -0.495 e. The van der Waals surface area contributed by atoms with Crippen molar-refractivity contribution in [3.8, 4) is 5.75 Å². The molecule has 1 aromatic carbocycles. The molecule has 0 spiro atoms. The van der Waals surface area contributed by atoms with Crippen molar-refractivity contribution < 1.29 is 13.2 Å². The fraction of sp³-hybridized carbons (Fsp3) is 0.571. The van der Waals surface area contributed by atoms with Gasteiger partial charge in [-0.1, -0.05) is 19.9 Å². The topological polar surface area (TPSA) is 67.4 Å². The van der Waals surface area contributed by atoms with Crippen LogP contribution in [0.25, 0.3) is 0 Å². The van der Waals surface area contributed by atoms with E-state index >= 15 is 0 Å². The van der Waals surface area contributed by atoms with Crippen LogP contribution in [0.4, 0.5) is 0 Å². The van der Waals surface area contributed by atoms with Gasteiger partial charge in [-0.25, -0.2) is 13.1 Å². The number of hydrogen-bond donors (Lipinski definition) is 2. The van der Waals surface area contributed by atoms with Gasteiger partial charge in [0.1, 0.15) is 10.6 Å². The van der Waals surface area contributed by atoms with Crippen LogP contribution in [0.5, 0.6) is 5.75 Å². The van der Waals surface area contributed by atoms with Gasteiger partial charge in [-0.3, -0.25) is 0 Å². The molecule has 0 fully saturated rings. The van der Waals surface area contributed by atoms with E-state index in [1.54, 1.807) is 32.0 Å². The van der Waals surface area contributed by atoms with Crippen LogP contribution in [0.15, 0.2) is 23.1 Å². The first-order valence-corrected chi connectivity index (χ1v) is 8.17.